The monoisotopic (exact) mass is 385 g/mol. The van der Waals surface area contributed by atoms with Crippen LogP contribution in [0.15, 0.2) is 0 Å². The molecular formula is C22H35N5O. The number of carbonyl (C=O) groups excluding carboxylic acids is 1. The third-order valence-electron chi connectivity index (χ3n) is 6.49. The van der Waals surface area contributed by atoms with Crippen molar-refractivity contribution in [3.05, 3.63) is 17.0 Å². The fourth-order valence-corrected chi connectivity index (χ4v) is 4.87. The Kier molecular flexibility index (Phi) is 7.50. The molecule has 2 aliphatic rings. The quantitative estimate of drug-likeness (QED) is 0.731. The van der Waals surface area contributed by atoms with Gasteiger partial charge in [0.1, 0.15) is 0 Å². The van der Waals surface area contributed by atoms with E-state index in [4.69, 9.17) is 5.26 Å². The summed E-state index contributed by atoms with van der Waals surface area (Å²) in [5.41, 5.74) is 3.21. The summed E-state index contributed by atoms with van der Waals surface area (Å²) < 4.78 is 1.90. The maximum atomic E-state index is 12.5. The lowest BCUT2D eigenvalue weighted by Gasteiger charge is -2.26. The van der Waals surface area contributed by atoms with Crippen molar-refractivity contribution < 1.29 is 4.79 Å². The van der Waals surface area contributed by atoms with Crippen molar-refractivity contribution in [1.82, 2.24) is 20.0 Å². The summed E-state index contributed by atoms with van der Waals surface area (Å²) in [6, 6.07) is 3.20. The van der Waals surface area contributed by atoms with Gasteiger partial charge >= 0.3 is 0 Å². The van der Waals surface area contributed by atoms with E-state index < -0.39 is 0 Å². The Bertz CT molecular complexity index is 697. The van der Waals surface area contributed by atoms with E-state index in [1.807, 2.05) is 18.5 Å². The average Bonchev–Trinajstić information content (AvgIpc) is 3.11. The van der Waals surface area contributed by atoms with Gasteiger partial charge in [-0.15, -0.1) is 0 Å². The molecule has 3 rings (SSSR count). The second-order valence-electron chi connectivity index (χ2n) is 8.47. The Morgan fingerprint density at radius 2 is 1.96 bits per heavy atom. The molecule has 6 heteroatoms. The normalized spacial score (nSPS) is 21.4. The molecular weight excluding hydrogens is 350 g/mol. The third-order valence-corrected chi connectivity index (χ3v) is 6.49. The van der Waals surface area contributed by atoms with Crippen LogP contribution in [0.2, 0.25) is 0 Å². The minimum absolute atomic E-state index is 0.149. The average molecular weight is 386 g/mol. The molecule has 1 atom stereocenters. The first-order valence-corrected chi connectivity index (χ1v) is 11.0. The predicted molar refractivity (Wildman–Crippen MR) is 110 cm³/mol. The van der Waals surface area contributed by atoms with Crippen LogP contribution in [0.1, 0.15) is 74.7 Å². The van der Waals surface area contributed by atoms with Crippen molar-refractivity contribution in [2.24, 2.45) is 0 Å². The van der Waals surface area contributed by atoms with Gasteiger partial charge < -0.3 is 5.32 Å². The fourth-order valence-electron chi connectivity index (χ4n) is 4.87. The van der Waals surface area contributed by atoms with Crippen LogP contribution in [-0.4, -0.2) is 45.8 Å². The van der Waals surface area contributed by atoms with Crippen molar-refractivity contribution in [3.63, 3.8) is 0 Å². The standard InChI is InChI=1S/C22H35N5O/c1-17-21(18(2)27(25-17)14-7-13-23)10-11-22(28)24-19-12-15-26(16-19)20-8-5-3-4-6-9-20/h19-20H,3-12,14-16H2,1-2H3,(H,24,28)/t19-/m1/s1. The van der Waals surface area contributed by atoms with Gasteiger partial charge in [-0.25, -0.2) is 0 Å². The topological polar surface area (TPSA) is 73.9 Å². The molecule has 0 aromatic carbocycles. The molecule has 28 heavy (non-hydrogen) atoms. The zero-order valence-electron chi connectivity index (χ0n) is 17.5. The Morgan fingerprint density at radius 1 is 1.21 bits per heavy atom. The fraction of sp³-hybridized carbons (Fsp3) is 0.773. The number of nitrogens with zero attached hydrogens (tertiary/aromatic N) is 4. The van der Waals surface area contributed by atoms with Gasteiger partial charge in [0, 0.05) is 37.3 Å². The first-order chi connectivity index (χ1) is 13.6. The summed E-state index contributed by atoms with van der Waals surface area (Å²) in [5, 5.41) is 16.6. The lowest BCUT2D eigenvalue weighted by Crippen LogP contribution is -2.39. The van der Waals surface area contributed by atoms with Crippen LogP contribution in [0.5, 0.6) is 0 Å². The molecule has 1 amide bonds. The van der Waals surface area contributed by atoms with Crippen molar-refractivity contribution in [1.29, 1.82) is 5.26 Å². The lowest BCUT2D eigenvalue weighted by molar-refractivity contribution is -0.121. The second-order valence-corrected chi connectivity index (χ2v) is 8.47. The molecule has 1 aromatic heterocycles. The number of aromatic nitrogens is 2. The number of carbonyl (C=O) groups is 1. The zero-order chi connectivity index (χ0) is 19.9. The van der Waals surface area contributed by atoms with Crippen LogP contribution >= 0.6 is 0 Å². The lowest BCUT2D eigenvalue weighted by atomic mass is 10.1. The molecule has 1 aliphatic heterocycles. The van der Waals surface area contributed by atoms with Gasteiger partial charge in [0.25, 0.3) is 0 Å². The van der Waals surface area contributed by atoms with Crippen molar-refractivity contribution >= 4 is 5.91 Å². The summed E-state index contributed by atoms with van der Waals surface area (Å²) in [6.07, 6.45) is 10.9. The highest BCUT2D eigenvalue weighted by molar-refractivity contribution is 5.76. The van der Waals surface area contributed by atoms with E-state index in [0.29, 0.717) is 25.4 Å². The number of hydrogen-bond acceptors (Lipinski definition) is 4. The zero-order valence-corrected chi connectivity index (χ0v) is 17.5. The SMILES string of the molecule is Cc1nn(CCC#N)c(C)c1CCC(=O)N[C@@H]1CCN(C2CCCCCC2)C1. The van der Waals surface area contributed by atoms with Gasteiger partial charge in [-0.2, -0.15) is 10.4 Å². The third kappa shape index (κ3) is 5.35. The number of nitrogens with one attached hydrogen (secondary N) is 1. The van der Waals surface area contributed by atoms with Crippen LogP contribution in [0.3, 0.4) is 0 Å². The maximum absolute atomic E-state index is 12.5. The smallest absolute Gasteiger partial charge is 0.220 e. The summed E-state index contributed by atoms with van der Waals surface area (Å²) in [6.45, 7) is 6.78. The number of aryl methyl sites for hydroxylation is 2. The number of likely N-dealkylation sites (tertiary alicyclic amines) is 1. The second kappa shape index (κ2) is 10.1. The first kappa shape index (κ1) is 20.9. The van der Waals surface area contributed by atoms with Gasteiger partial charge in [-0.05, 0) is 45.1 Å². The van der Waals surface area contributed by atoms with E-state index in [-0.39, 0.29) is 5.91 Å². The van der Waals surface area contributed by atoms with Crippen LogP contribution in [0.25, 0.3) is 0 Å². The van der Waals surface area contributed by atoms with Crippen LogP contribution in [0.4, 0.5) is 0 Å². The van der Waals surface area contributed by atoms with E-state index in [0.717, 1.165) is 48.9 Å². The Balaban J connectivity index is 1.45. The van der Waals surface area contributed by atoms with E-state index in [1.165, 1.54) is 38.5 Å². The Morgan fingerprint density at radius 3 is 2.68 bits per heavy atom. The minimum Gasteiger partial charge on any atom is -0.352 e. The molecule has 1 aliphatic carbocycles. The van der Waals surface area contributed by atoms with Gasteiger partial charge in [-0.3, -0.25) is 14.4 Å². The number of nitriles is 1. The molecule has 0 unspecified atom stereocenters. The van der Waals surface area contributed by atoms with Gasteiger partial charge in [0.05, 0.1) is 24.7 Å². The van der Waals surface area contributed by atoms with E-state index in [2.05, 4.69) is 21.4 Å². The van der Waals surface area contributed by atoms with E-state index in [1.54, 1.807) is 0 Å². The van der Waals surface area contributed by atoms with E-state index in [9.17, 15) is 4.79 Å². The highest BCUT2D eigenvalue weighted by Gasteiger charge is 2.29. The van der Waals surface area contributed by atoms with Gasteiger partial charge in [0.15, 0.2) is 0 Å². The highest BCUT2D eigenvalue weighted by Crippen LogP contribution is 2.25. The largest absolute Gasteiger partial charge is 0.352 e. The van der Waals surface area contributed by atoms with Gasteiger partial charge in [0.2, 0.25) is 5.91 Å². The summed E-state index contributed by atoms with van der Waals surface area (Å²) in [5.74, 6) is 0.149. The minimum atomic E-state index is 0.149. The molecule has 6 nitrogen and oxygen atoms in total. The Hall–Kier alpha value is -1.87. The predicted octanol–water partition coefficient (Wildman–Crippen LogP) is 3.26. The summed E-state index contributed by atoms with van der Waals surface area (Å²) in [4.78, 5) is 15.1. The van der Waals surface area contributed by atoms with Crippen LogP contribution < -0.4 is 5.32 Å². The van der Waals surface area contributed by atoms with Crippen molar-refractivity contribution in [2.75, 3.05) is 13.1 Å². The molecule has 1 aromatic rings. The summed E-state index contributed by atoms with van der Waals surface area (Å²) >= 11 is 0. The highest BCUT2D eigenvalue weighted by atomic mass is 16.1. The first-order valence-electron chi connectivity index (χ1n) is 11.0. The van der Waals surface area contributed by atoms with Crippen LogP contribution in [0, 0.1) is 25.2 Å². The Labute approximate surface area is 169 Å². The molecule has 0 radical (unpaired) electrons. The molecule has 2 heterocycles. The van der Waals surface area contributed by atoms with Crippen LogP contribution in [-0.2, 0) is 17.8 Å². The molecule has 0 bridgehead atoms. The van der Waals surface area contributed by atoms with E-state index >= 15 is 0 Å². The maximum Gasteiger partial charge on any atom is 0.220 e. The van der Waals surface area contributed by atoms with Crippen molar-refractivity contribution in [2.45, 2.75) is 96.7 Å². The molecule has 154 valence electrons. The molecule has 0 spiro atoms. The molecule has 1 saturated carbocycles. The number of rotatable bonds is 7. The molecule has 1 saturated heterocycles. The molecule has 1 N–H and O–H groups in total. The molecule has 2 fully saturated rings. The number of amides is 1. The summed E-state index contributed by atoms with van der Waals surface area (Å²) in [7, 11) is 0. The number of hydrogen-bond donors (Lipinski definition) is 1. The van der Waals surface area contributed by atoms with Crippen molar-refractivity contribution in [3.8, 4) is 6.07 Å². The van der Waals surface area contributed by atoms with Gasteiger partial charge in [-0.1, -0.05) is 25.7 Å².